The standard InChI is InChI=1S/C15H19BrFNO/c16-12-6-10-3-5-19-14(10)11(7-12)8-15(17)4-1-2-13(18)9-15/h6-7,13H,1-5,8-9,18H2. The van der Waals surface area contributed by atoms with Gasteiger partial charge in [-0.25, -0.2) is 4.39 Å². The number of hydrogen-bond acceptors (Lipinski definition) is 2. The lowest BCUT2D eigenvalue weighted by Crippen LogP contribution is -2.39. The second-order valence-corrected chi connectivity index (χ2v) is 6.75. The Morgan fingerprint density at radius 2 is 2.32 bits per heavy atom. The summed E-state index contributed by atoms with van der Waals surface area (Å²) in [5.74, 6) is 0.902. The first kappa shape index (κ1) is 13.4. The van der Waals surface area contributed by atoms with Crippen molar-refractivity contribution in [1.29, 1.82) is 0 Å². The summed E-state index contributed by atoms with van der Waals surface area (Å²) < 4.78 is 21.6. The normalized spacial score (nSPS) is 29.9. The fourth-order valence-corrected chi connectivity index (χ4v) is 3.89. The largest absolute Gasteiger partial charge is 0.493 e. The number of nitrogens with two attached hydrogens (primary N) is 1. The van der Waals surface area contributed by atoms with E-state index in [1.54, 1.807) is 0 Å². The highest BCUT2D eigenvalue weighted by Gasteiger charge is 2.36. The lowest BCUT2D eigenvalue weighted by molar-refractivity contribution is 0.0956. The Hall–Kier alpha value is -0.610. The van der Waals surface area contributed by atoms with E-state index in [1.807, 2.05) is 6.07 Å². The summed E-state index contributed by atoms with van der Waals surface area (Å²) in [6.45, 7) is 0.706. The molecule has 1 heterocycles. The molecule has 1 saturated carbocycles. The number of halogens is 2. The second kappa shape index (κ2) is 5.06. The van der Waals surface area contributed by atoms with Crippen LogP contribution in [0.2, 0.25) is 0 Å². The van der Waals surface area contributed by atoms with Crippen LogP contribution in [0.5, 0.6) is 5.75 Å². The average Bonchev–Trinajstić information content (AvgIpc) is 2.75. The van der Waals surface area contributed by atoms with E-state index in [-0.39, 0.29) is 6.04 Å². The molecule has 0 spiro atoms. The van der Waals surface area contributed by atoms with Crippen molar-refractivity contribution in [2.24, 2.45) is 5.73 Å². The summed E-state index contributed by atoms with van der Waals surface area (Å²) in [4.78, 5) is 0. The van der Waals surface area contributed by atoms with Crippen LogP contribution in [0.3, 0.4) is 0 Å². The highest BCUT2D eigenvalue weighted by Crippen LogP contribution is 2.40. The van der Waals surface area contributed by atoms with Crippen molar-refractivity contribution in [3.8, 4) is 5.75 Å². The van der Waals surface area contributed by atoms with Gasteiger partial charge in [-0.05, 0) is 48.9 Å². The van der Waals surface area contributed by atoms with E-state index >= 15 is 0 Å². The Morgan fingerprint density at radius 1 is 1.47 bits per heavy atom. The van der Waals surface area contributed by atoms with Crippen LogP contribution in [0.1, 0.15) is 36.8 Å². The van der Waals surface area contributed by atoms with Gasteiger partial charge in [0.1, 0.15) is 11.4 Å². The van der Waals surface area contributed by atoms with Gasteiger partial charge in [-0.3, -0.25) is 0 Å². The third-order valence-corrected chi connectivity index (χ3v) is 4.62. The predicted molar refractivity (Wildman–Crippen MR) is 77.3 cm³/mol. The van der Waals surface area contributed by atoms with E-state index in [0.717, 1.165) is 35.0 Å². The highest BCUT2D eigenvalue weighted by molar-refractivity contribution is 9.10. The second-order valence-electron chi connectivity index (χ2n) is 5.84. The molecule has 2 nitrogen and oxygen atoms in total. The monoisotopic (exact) mass is 327 g/mol. The summed E-state index contributed by atoms with van der Waals surface area (Å²) in [7, 11) is 0. The zero-order chi connectivity index (χ0) is 13.5. The Balaban J connectivity index is 1.87. The first-order chi connectivity index (χ1) is 9.06. The van der Waals surface area contributed by atoms with Crippen LogP contribution in [0.4, 0.5) is 4.39 Å². The van der Waals surface area contributed by atoms with Gasteiger partial charge in [0.25, 0.3) is 0 Å². The van der Waals surface area contributed by atoms with Gasteiger partial charge in [0.15, 0.2) is 0 Å². The van der Waals surface area contributed by atoms with Crippen LogP contribution in [0.25, 0.3) is 0 Å². The van der Waals surface area contributed by atoms with Gasteiger partial charge in [0.2, 0.25) is 0 Å². The van der Waals surface area contributed by atoms with Gasteiger partial charge in [0, 0.05) is 23.4 Å². The van der Waals surface area contributed by atoms with Crippen LogP contribution < -0.4 is 10.5 Å². The number of hydrogen-bond donors (Lipinski definition) is 1. The first-order valence-corrected chi connectivity index (χ1v) is 7.74. The molecule has 1 aliphatic carbocycles. The molecule has 104 valence electrons. The molecule has 0 bridgehead atoms. The maximum absolute atomic E-state index is 15.0. The summed E-state index contributed by atoms with van der Waals surface area (Å²) in [5.41, 5.74) is 6.93. The van der Waals surface area contributed by atoms with E-state index in [1.165, 1.54) is 5.56 Å². The van der Waals surface area contributed by atoms with Gasteiger partial charge in [-0.15, -0.1) is 0 Å². The molecule has 1 aliphatic heterocycles. The SMILES string of the molecule is NC1CCCC(F)(Cc2cc(Br)cc3c2OCC3)C1. The third-order valence-electron chi connectivity index (χ3n) is 4.16. The zero-order valence-corrected chi connectivity index (χ0v) is 12.5. The van der Waals surface area contributed by atoms with Crippen molar-refractivity contribution in [2.45, 2.75) is 50.2 Å². The molecule has 0 radical (unpaired) electrons. The fourth-order valence-electron chi connectivity index (χ4n) is 3.33. The summed E-state index contributed by atoms with van der Waals surface area (Å²) in [5, 5.41) is 0. The van der Waals surface area contributed by atoms with E-state index < -0.39 is 5.67 Å². The Bertz CT molecular complexity index is 493. The Kier molecular flexibility index (Phi) is 3.56. The Labute approximate surface area is 121 Å². The maximum Gasteiger partial charge on any atom is 0.126 e. The molecular weight excluding hydrogens is 309 g/mol. The van der Waals surface area contributed by atoms with Gasteiger partial charge in [-0.2, -0.15) is 0 Å². The van der Waals surface area contributed by atoms with Gasteiger partial charge in [0.05, 0.1) is 6.61 Å². The number of benzene rings is 1. The molecule has 2 N–H and O–H groups in total. The zero-order valence-electron chi connectivity index (χ0n) is 10.9. The number of alkyl halides is 1. The molecule has 3 rings (SSSR count). The van der Waals surface area contributed by atoms with Gasteiger partial charge in [-0.1, -0.05) is 15.9 Å². The molecule has 0 aromatic heterocycles. The van der Waals surface area contributed by atoms with E-state index in [2.05, 4.69) is 22.0 Å². The molecule has 1 aromatic carbocycles. The minimum Gasteiger partial charge on any atom is -0.493 e. The van der Waals surface area contributed by atoms with E-state index in [9.17, 15) is 4.39 Å². The average molecular weight is 328 g/mol. The van der Waals surface area contributed by atoms with Crippen LogP contribution in [0, 0.1) is 0 Å². The number of ether oxygens (including phenoxy) is 1. The molecule has 2 unspecified atom stereocenters. The molecule has 2 aliphatic rings. The van der Waals surface area contributed by atoms with Crippen molar-refractivity contribution in [3.63, 3.8) is 0 Å². The fraction of sp³-hybridized carbons (Fsp3) is 0.600. The summed E-state index contributed by atoms with van der Waals surface area (Å²) in [6.07, 6.45) is 4.24. The van der Waals surface area contributed by atoms with Crippen molar-refractivity contribution in [2.75, 3.05) is 6.61 Å². The summed E-state index contributed by atoms with van der Waals surface area (Å²) in [6, 6.07) is 4.06. The quantitative estimate of drug-likeness (QED) is 0.901. The minimum absolute atomic E-state index is 0.000121. The molecule has 19 heavy (non-hydrogen) atoms. The number of fused-ring (bicyclic) bond motifs is 1. The minimum atomic E-state index is -1.17. The third kappa shape index (κ3) is 2.79. The molecule has 0 amide bonds. The molecule has 4 heteroatoms. The van der Waals surface area contributed by atoms with Crippen molar-refractivity contribution in [3.05, 3.63) is 27.7 Å². The molecular formula is C15H19BrFNO. The predicted octanol–water partition coefficient (Wildman–Crippen LogP) is 3.54. The smallest absolute Gasteiger partial charge is 0.126 e. The number of rotatable bonds is 2. The van der Waals surface area contributed by atoms with Crippen LogP contribution in [-0.4, -0.2) is 18.3 Å². The first-order valence-electron chi connectivity index (χ1n) is 6.94. The van der Waals surface area contributed by atoms with E-state index in [4.69, 9.17) is 10.5 Å². The van der Waals surface area contributed by atoms with Crippen LogP contribution in [-0.2, 0) is 12.8 Å². The van der Waals surface area contributed by atoms with E-state index in [0.29, 0.717) is 25.9 Å². The van der Waals surface area contributed by atoms with Crippen molar-refractivity contribution >= 4 is 15.9 Å². The van der Waals surface area contributed by atoms with Crippen molar-refractivity contribution < 1.29 is 9.13 Å². The lowest BCUT2D eigenvalue weighted by Gasteiger charge is -2.33. The van der Waals surface area contributed by atoms with Gasteiger partial charge >= 0.3 is 0 Å². The molecule has 2 atom stereocenters. The maximum atomic E-state index is 15.0. The van der Waals surface area contributed by atoms with Gasteiger partial charge < -0.3 is 10.5 Å². The highest BCUT2D eigenvalue weighted by atomic mass is 79.9. The molecule has 1 aromatic rings. The topological polar surface area (TPSA) is 35.2 Å². The van der Waals surface area contributed by atoms with Crippen LogP contribution in [0.15, 0.2) is 16.6 Å². The molecule has 0 saturated heterocycles. The van der Waals surface area contributed by atoms with Crippen LogP contribution >= 0.6 is 15.9 Å². The Morgan fingerprint density at radius 3 is 3.11 bits per heavy atom. The lowest BCUT2D eigenvalue weighted by atomic mass is 9.79. The summed E-state index contributed by atoms with van der Waals surface area (Å²) >= 11 is 3.51. The molecule has 1 fully saturated rings. The van der Waals surface area contributed by atoms with Crippen molar-refractivity contribution in [1.82, 2.24) is 0 Å².